The highest BCUT2D eigenvalue weighted by atomic mass is 16.2. The summed E-state index contributed by atoms with van der Waals surface area (Å²) in [6.07, 6.45) is 0.460. The molecule has 0 spiro atoms. The summed E-state index contributed by atoms with van der Waals surface area (Å²) in [4.78, 5) is 37.0. The van der Waals surface area contributed by atoms with Gasteiger partial charge in [-0.05, 0) is 24.1 Å². The van der Waals surface area contributed by atoms with Crippen LogP contribution in [0.15, 0.2) is 24.3 Å². The van der Waals surface area contributed by atoms with Crippen molar-refractivity contribution >= 4 is 17.7 Å². The molecular formula is C14H17N3O3. The summed E-state index contributed by atoms with van der Waals surface area (Å²) in [5.74, 6) is -1.20. The summed E-state index contributed by atoms with van der Waals surface area (Å²) < 4.78 is 0. The van der Waals surface area contributed by atoms with Crippen molar-refractivity contribution in [2.45, 2.75) is 25.9 Å². The van der Waals surface area contributed by atoms with Crippen molar-refractivity contribution < 1.29 is 14.4 Å². The van der Waals surface area contributed by atoms with Gasteiger partial charge in [-0.1, -0.05) is 19.1 Å². The van der Waals surface area contributed by atoms with Gasteiger partial charge in [0, 0.05) is 12.1 Å². The molecule has 1 aliphatic rings. The van der Waals surface area contributed by atoms with Crippen molar-refractivity contribution in [1.29, 1.82) is 0 Å². The second-order valence-electron chi connectivity index (χ2n) is 4.67. The van der Waals surface area contributed by atoms with Gasteiger partial charge in [0.05, 0.1) is 0 Å². The van der Waals surface area contributed by atoms with Crippen molar-refractivity contribution in [2.75, 3.05) is 6.54 Å². The quantitative estimate of drug-likeness (QED) is 0.761. The Morgan fingerprint density at radius 1 is 1.45 bits per heavy atom. The van der Waals surface area contributed by atoms with Crippen molar-refractivity contribution in [2.24, 2.45) is 5.73 Å². The number of amides is 3. The molecule has 6 nitrogen and oxygen atoms in total. The Hall–Kier alpha value is -2.21. The Morgan fingerprint density at radius 3 is 2.85 bits per heavy atom. The van der Waals surface area contributed by atoms with Crippen LogP contribution in [0.2, 0.25) is 0 Å². The van der Waals surface area contributed by atoms with E-state index in [0.717, 1.165) is 5.56 Å². The molecule has 20 heavy (non-hydrogen) atoms. The number of carbonyl (C=O) groups is 3. The first-order chi connectivity index (χ1) is 9.56. The minimum absolute atomic E-state index is 0.101. The highest BCUT2D eigenvalue weighted by Crippen LogP contribution is 2.15. The second kappa shape index (κ2) is 5.83. The van der Waals surface area contributed by atoms with E-state index >= 15 is 0 Å². The molecular weight excluding hydrogens is 258 g/mol. The zero-order valence-electron chi connectivity index (χ0n) is 11.3. The normalized spacial score (nSPS) is 18.9. The summed E-state index contributed by atoms with van der Waals surface area (Å²) in [7, 11) is 0. The molecule has 1 aromatic carbocycles. The second-order valence-corrected chi connectivity index (χ2v) is 4.67. The van der Waals surface area contributed by atoms with E-state index in [4.69, 9.17) is 5.73 Å². The first kappa shape index (κ1) is 14.2. The fraction of sp³-hybridized carbons (Fsp3) is 0.357. The van der Waals surface area contributed by atoms with E-state index in [1.165, 1.54) is 4.90 Å². The number of benzene rings is 1. The molecule has 0 aromatic heterocycles. The summed E-state index contributed by atoms with van der Waals surface area (Å²) in [6, 6.07) is 6.29. The number of imide groups is 1. The van der Waals surface area contributed by atoms with Crippen molar-refractivity contribution in [1.82, 2.24) is 10.2 Å². The number of rotatable bonds is 3. The lowest BCUT2D eigenvalue weighted by molar-refractivity contribution is -0.138. The molecule has 0 bridgehead atoms. The Kier molecular flexibility index (Phi) is 4.14. The SMILES string of the molecule is CCC1C(=O)NC(=O)CN1C(=O)c1cccc(CN)c1. The van der Waals surface area contributed by atoms with E-state index in [-0.39, 0.29) is 12.5 Å². The lowest BCUT2D eigenvalue weighted by Gasteiger charge is -2.33. The molecule has 1 fully saturated rings. The van der Waals surface area contributed by atoms with Crippen molar-refractivity contribution in [3.63, 3.8) is 0 Å². The average molecular weight is 275 g/mol. The summed E-state index contributed by atoms with van der Waals surface area (Å²) in [5.41, 5.74) is 6.82. The van der Waals surface area contributed by atoms with Crippen LogP contribution in [0, 0.1) is 0 Å². The number of piperazine rings is 1. The van der Waals surface area contributed by atoms with Gasteiger partial charge in [0.2, 0.25) is 11.8 Å². The Bertz CT molecular complexity index is 556. The van der Waals surface area contributed by atoms with Gasteiger partial charge in [-0.15, -0.1) is 0 Å². The van der Waals surface area contributed by atoms with E-state index in [0.29, 0.717) is 18.5 Å². The standard InChI is InChI=1S/C14H17N3O3/c1-2-11-13(19)16-12(18)8-17(11)14(20)10-5-3-4-9(6-10)7-15/h3-6,11H,2,7-8,15H2,1H3,(H,16,18,19). The summed E-state index contributed by atoms with van der Waals surface area (Å²) in [5, 5.41) is 2.25. The summed E-state index contributed by atoms with van der Waals surface area (Å²) >= 11 is 0. The molecule has 2 rings (SSSR count). The number of hydrogen-bond donors (Lipinski definition) is 2. The first-order valence-electron chi connectivity index (χ1n) is 6.50. The van der Waals surface area contributed by atoms with Crippen LogP contribution < -0.4 is 11.1 Å². The third kappa shape index (κ3) is 2.70. The zero-order chi connectivity index (χ0) is 14.7. The van der Waals surface area contributed by atoms with Crippen LogP contribution in [0.25, 0.3) is 0 Å². The molecule has 6 heteroatoms. The molecule has 1 unspecified atom stereocenters. The molecule has 0 radical (unpaired) electrons. The topological polar surface area (TPSA) is 92.5 Å². The third-order valence-corrected chi connectivity index (χ3v) is 3.31. The van der Waals surface area contributed by atoms with Gasteiger partial charge < -0.3 is 10.6 Å². The molecule has 3 N–H and O–H groups in total. The number of nitrogens with one attached hydrogen (secondary N) is 1. The highest BCUT2D eigenvalue weighted by molar-refractivity contribution is 6.07. The number of hydrogen-bond acceptors (Lipinski definition) is 4. The fourth-order valence-electron chi connectivity index (χ4n) is 2.28. The largest absolute Gasteiger partial charge is 0.326 e. The van der Waals surface area contributed by atoms with Crippen LogP contribution in [-0.2, 0) is 16.1 Å². The van der Waals surface area contributed by atoms with E-state index in [2.05, 4.69) is 5.32 Å². The lowest BCUT2D eigenvalue weighted by Crippen LogP contribution is -2.59. The van der Waals surface area contributed by atoms with Crippen LogP contribution in [0.3, 0.4) is 0 Å². The van der Waals surface area contributed by atoms with Gasteiger partial charge in [0.15, 0.2) is 0 Å². The lowest BCUT2D eigenvalue weighted by atomic mass is 10.1. The average Bonchev–Trinajstić information content (AvgIpc) is 2.45. The monoisotopic (exact) mass is 275 g/mol. The highest BCUT2D eigenvalue weighted by Gasteiger charge is 2.35. The van der Waals surface area contributed by atoms with E-state index in [1.807, 2.05) is 6.07 Å². The van der Waals surface area contributed by atoms with Crippen LogP contribution in [0.4, 0.5) is 0 Å². The van der Waals surface area contributed by atoms with Crippen molar-refractivity contribution in [3.05, 3.63) is 35.4 Å². The third-order valence-electron chi connectivity index (χ3n) is 3.31. The zero-order valence-corrected chi connectivity index (χ0v) is 11.3. The van der Waals surface area contributed by atoms with Gasteiger partial charge in [-0.2, -0.15) is 0 Å². The van der Waals surface area contributed by atoms with Crippen molar-refractivity contribution in [3.8, 4) is 0 Å². The maximum atomic E-state index is 12.5. The number of nitrogens with two attached hydrogens (primary N) is 1. The molecule has 1 heterocycles. The van der Waals surface area contributed by atoms with Crippen LogP contribution >= 0.6 is 0 Å². The van der Waals surface area contributed by atoms with Gasteiger partial charge in [0.1, 0.15) is 12.6 Å². The molecule has 0 aliphatic carbocycles. The Balaban J connectivity index is 2.29. The molecule has 3 amide bonds. The van der Waals surface area contributed by atoms with Gasteiger partial charge >= 0.3 is 0 Å². The van der Waals surface area contributed by atoms with Gasteiger partial charge in [-0.25, -0.2) is 0 Å². The molecule has 1 aromatic rings. The molecule has 1 saturated heterocycles. The van der Waals surface area contributed by atoms with E-state index in [1.54, 1.807) is 25.1 Å². The van der Waals surface area contributed by atoms with Gasteiger partial charge in [0.25, 0.3) is 5.91 Å². The minimum Gasteiger partial charge on any atom is -0.326 e. The Morgan fingerprint density at radius 2 is 2.20 bits per heavy atom. The molecule has 0 saturated carbocycles. The molecule has 1 atom stereocenters. The van der Waals surface area contributed by atoms with Crippen LogP contribution in [0.5, 0.6) is 0 Å². The Labute approximate surface area is 116 Å². The smallest absolute Gasteiger partial charge is 0.255 e. The maximum absolute atomic E-state index is 12.5. The predicted octanol–water partition coefficient (Wildman–Crippen LogP) is 0.0225. The maximum Gasteiger partial charge on any atom is 0.255 e. The minimum atomic E-state index is -0.610. The van der Waals surface area contributed by atoms with E-state index < -0.39 is 17.9 Å². The predicted molar refractivity (Wildman–Crippen MR) is 72.6 cm³/mol. The fourth-order valence-corrected chi connectivity index (χ4v) is 2.28. The first-order valence-corrected chi connectivity index (χ1v) is 6.50. The van der Waals surface area contributed by atoms with E-state index in [9.17, 15) is 14.4 Å². The molecule has 106 valence electrons. The van der Waals surface area contributed by atoms with Crippen LogP contribution in [0.1, 0.15) is 29.3 Å². The number of nitrogens with zero attached hydrogens (tertiary/aromatic N) is 1. The van der Waals surface area contributed by atoms with Gasteiger partial charge in [-0.3, -0.25) is 19.7 Å². The molecule has 1 aliphatic heterocycles. The number of carbonyl (C=O) groups excluding carboxylic acids is 3. The van der Waals surface area contributed by atoms with Crippen LogP contribution in [-0.4, -0.2) is 35.2 Å². The summed E-state index contributed by atoms with van der Waals surface area (Å²) in [6.45, 7) is 2.03.